The molecular formula is C25H28FN3O3. The molecule has 168 valence electrons. The van der Waals surface area contributed by atoms with Gasteiger partial charge in [0, 0.05) is 29.9 Å². The quantitative estimate of drug-likeness (QED) is 0.538. The number of nitrogens with one attached hydrogen (secondary N) is 2. The third-order valence-corrected chi connectivity index (χ3v) is 5.87. The number of aromatic nitrogens is 1. The van der Waals surface area contributed by atoms with E-state index in [4.69, 9.17) is 4.74 Å². The zero-order chi connectivity index (χ0) is 22.5. The third-order valence-electron chi connectivity index (χ3n) is 5.87. The van der Waals surface area contributed by atoms with Gasteiger partial charge in [0.15, 0.2) is 0 Å². The molecule has 1 aliphatic carbocycles. The number of hydrogen-bond donors (Lipinski definition) is 2. The molecule has 2 amide bonds. The van der Waals surface area contributed by atoms with Crippen molar-refractivity contribution < 1.29 is 18.7 Å². The number of amides is 2. The van der Waals surface area contributed by atoms with E-state index < -0.39 is 11.9 Å². The first-order valence-electron chi connectivity index (χ1n) is 11.2. The van der Waals surface area contributed by atoms with E-state index >= 15 is 0 Å². The van der Waals surface area contributed by atoms with Crippen LogP contribution in [0.15, 0.2) is 48.7 Å². The second-order valence-electron chi connectivity index (χ2n) is 8.16. The summed E-state index contributed by atoms with van der Waals surface area (Å²) in [6.07, 6.45) is 6.61. The molecule has 2 aromatic carbocycles. The van der Waals surface area contributed by atoms with Crippen molar-refractivity contribution in [3.05, 3.63) is 65.6 Å². The maximum atomic E-state index is 14.7. The lowest BCUT2D eigenvalue weighted by Crippen LogP contribution is -2.36. The molecule has 0 unspecified atom stereocenters. The Morgan fingerprint density at radius 3 is 2.56 bits per heavy atom. The minimum absolute atomic E-state index is 0.154. The second-order valence-corrected chi connectivity index (χ2v) is 8.16. The topological polar surface area (TPSA) is 72.4 Å². The molecule has 1 heterocycles. The van der Waals surface area contributed by atoms with Crippen LogP contribution in [0.2, 0.25) is 0 Å². The highest BCUT2D eigenvalue weighted by molar-refractivity contribution is 6.07. The van der Waals surface area contributed by atoms with E-state index in [1.165, 1.54) is 12.5 Å². The van der Waals surface area contributed by atoms with Crippen molar-refractivity contribution in [3.8, 4) is 0 Å². The summed E-state index contributed by atoms with van der Waals surface area (Å²) in [4.78, 5) is 24.6. The Labute approximate surface area is 186 Å². The average Bonchev–Trinajstić information content (AvgIpc) is 3.16. The number of rotatable bonds is 6. The summed E-state index contributed by atoms with van der Waals surface area (Å²) < 4.78 is 21.5. The standard InChI is InChI=1S/C25H28FN3O3/c1-2-32-25(31)28-19-13-11-17(12-14-19)15-29-16-20(23-21(26)9-6-10-22(23)29)24(30)27-18-7-4-3-5-8-18/h6,9-14,16,18H,2-5,7-8,15H2,1H3,(H,27,30)(H,28,31). The molecule has 1 fully saturated rings. The fourth-order valence-electron chi connectivity index (χ4n) is 4.30. The average molecular weight is 438 g/mol. The van der Waals surface area contributed by atoms with Crippen molar-refractivity contribution >= 4 is 28.6 Å². The van der Waals surface area contributed by atoms with Gasteiger partial charge in [-0.25, -0.2) is 9.18 Å². The van der Waals surface area contributed by atoms with E-state index in [2.05, 4.69) is 10.6 Å². The largest absolute Gasteiger partial charge is 0.450 e. The number of benzene rings is 2. The Bertz CT molecular complexity index is 1100. The molecule has 0 radical (unpaired) electrons. The number of ether oxygens (including phenoxy) is 1. The first-order chi connectivity index (χ1) is 15.5. The Kier molecular flexibility index (Phi) is 6.73. The number of carbonyl (C=O) groups excluding carboxylic acids is 2. The lowest BCUT2D eigenvalue weighted by atomic mass is 9.95. The van der Waals surface area contributed by atoms with Gasteiger partial charge < -0.3 is 14.6 Å². The summed E-state index contributed by atoms with van der Waals surface area (Å²) in [7, 11) is 0. The van der Waals surface area contributed by atoms with Crippen LogP contribution in [0.3, 0.4) is 0 Å². The smallest absolute Gasteiger partial charge is 0.411 e. The van der Waals surface area contributed by atoms with E-state index in [1.807, 2.05) is 22.8 Å². The maximum Gasteiger partial charge on any atom is 0.411 e. The van der Waals surface area contributed by atoms with Gasteiger partial charge in [-0.2, -0.15) is 0 Å². The molecule has 1 aromatic heterocycles. The van der Waals surface area contributed by atoms with Crippen molar-refractivity contribution in [1.29, 1.82) is 0 Å². The van der Waals surface area contributed by atoms with Crippen LogP contribution < -0.4 is 10.6 Å². The molecule has 6 nitrogen and oxygen atoms in total. The van der Waals surface area contributed by atoms with Gasteiger partial charge in [0.25, 0.3) is 5.91 Å². The summed E-state index contributed by atoms with van der Waals surface area (Å²) in [6.45, 7) is 2.52. The van der Waals surface area contributed by atoms with Crippen LogP contribution >= 0.6 is 0 Å². The van der Waals surface area contributed by atoms with Gasteiger partial charge in [-0.1, -0.05) is 37.5 Å². The Morgan fingerprint density at radius 1 is 1.09 bits per heavy atom. The highest BCUT2D eigenvalue weighted by Gasteiger charge is 2.22. The van der Waals surface area contributed by atoms with Crippen molar-refractivity contribution in [2.24, 2.45) is 0 Å². The lowest BCUT2D eigenvalue weighted by Gasteiger charge is -2.22. The van der Waals surface area contributed by atoms with Crippen molar-refractivity contribution in [1.82, 2.24) is 9.88 Å². The molecule has 7 heteroatoms. The fourth-order valence-corrected chi connectivity index (χ4v) is 4.30. The van der Waals surface area contributed by atoms with Crippen LogP contribution in [0.1, 0.15) is 54.9 Å². The predicted molar refractivity (Wildman–Crippen MR) is 122 cm³/mol. The SMILES string of the molecule is CCOC(=O)Nc1ccc(Cn2cc(C(=O)NC3CCCCC3)c3c(F)cccc32)cc1. The molecule has 0 spiro atoms. The molecule has 0 saturated heterocycles. The molecule has 1 aliphatic rings. The predicted octanol–water partition coefficient (Wildman–Crippen LogP) is 5.46. The van der Waals surface area contributed by atoms with E-state index in [1.54, 1.807) is 31.3 Å². The van der Waals surface area contributed by atoms with Crippen LogP contribution in [0.4, 0.5) is 14.9 Å². The van der Waals surface area contributed by atoms with E-state index in [0.717, 1.165) is 31.2 Å². The number of carbonyl (C=O) groups is 2. The first-order valence-corrected chi connectivity index (χ1v) is 11.2. The number of hydrogen-bond acceptors (Lipinski definition) is 3. The Balaban J connectivity index is 1.56. The van der Waals surface area contributed by atoms with Crippen LogP contribution in [-0.4, -0.2) is 29.2 Å². The van der Waals surface area contributed by atoms with Crippen molar-refractivity contribution in [3.63, 3.8) is 0 Å². The highest BCUT2D eigenvalue weighted by Crippen LogP contribution is 2.26. The summed E-state index contributed by atoms with van der Waals surface area (Å²) >= 11 is 0. The third kappa shape index (κ3) is 4.93. The minimum atomic E-state index is -0.499. The molecular weight excluding hydrogens is 409 g/mol. The van der Waals surface area contributed by atoms with Gasteiger partial charge in [-0.15, -0.1) is 0 Å². The van der Waals surface area contributed by atoms with Gasteiger partial charge in [0.2, 0.25) is 0 Å². The van der Waals surface area contributed by atoms with Gasteiger partial charge in [0.05, 0.1) is 17.7 Å². The second kappa shape index (κ2) is 9.85. The number of anilines is 1. The molecule has 32 heavy (non-hydrogen) atoms. The van der Waals surface area contributed by atoms with Crippen LogP contribution in [0.5, 0.6) is 0 Å². The molecule has 0 atom stereocenters. The van der Waals surface area contributed by atoms with E-state index in [0.29, 0.717) is 35.3 Å². The summed E-state index contributed by atoms with van der Waals surface area (Å²) in [5.41, 5.74) is 2.62. The monoisotopic (exact) mass is 437 g/mol. The minimum Gasteiger partial charge on any atom is -0.450 e. The summed E-state index contributed by atoms with van der Waals surface area (Å²) in [6, 6.07) is 12.4. The van der Waals surface area contributed by atoms with Gasteiger partial charge in [-0.3, -0.25) is 10.1 Å². The zero-order valence-electron chi connectivity index (χ0n) is 18.2. The molecule has 2 N–H and O–H groups in total. The molecule has 1 saturated carbocycles. The van der Waals surface area contributed by atoms with Crippen LogP contribution in [0, 0.1) is 5.82 Å². The fraction of sp³-hybridized carbons (Fsp3) is 0.360. The van der Waals surface area contributed by atoms with Crippen molar-refractivity contribution in [2.75, 3.05) is 11.9 Å². The molecule has 4 rings (SSSR count). The molecule has 3 aromatic rings. The Hall–Kier alpha value is -3.35. The lowest BCUT2D eigenvalue weighted by molar-refractivity contribution is 0.0929. The number of halogens is 1. The first kappa shape index (κ1) is 21.9. The molecule has 0 bridgehead atoms. The van der Waals surface area contributed by atoms with Gasteiger partial charge in [-0.05, 0) is 49.6 Å². The normalized spacial score (nSPS) is 14.3. The maximum absolute atomic E-state index is 14.7. The molecule has 0 aliphatic heterocycles. The van der Waals surface area contributed by atoms with Crippen LogP contribution in [0.25, 0.3) is 10.9 Å². The highest BCUT2D eigenvalue weighted by atomic mass is 19.1. The van der Waals surface area contributed by atoms with E-state index in [9.17, 15) is 14.0 Å². The summed E-state index contributed by atoms with van der Waals surface area (Å²) in [5.74, 6) is -0.622. The number of fused-ring (bicyclic) bond motifs is 1. The summed E-state index contributed by atoms with van der Waals surface area (Å²) in [5, 5.41) is 6.10. The van der Waals surface area contributed by atoms with Gasteiger partial charge in [0.1, 0.15) is 5.82 Å². The van der Waals surface area contributed by atoms with Crippen molar-refractivity contribution in [2.45, 2.75) is 51.6 Å². The zero-order valence-corrected chi connectivity index (χ0v) is 18.2. The van der Waals surface area contributed by atoms with E-state index in [-0.39, 0.29) is 11.9 Å². The Morgan fingerprint density at radius 2 is 1.84 bits per heavy atom. The van der Waals surface area contributed by atoms with Crippen LogP contribution in [-0.2, 0) is 11.3 Å². The van der Waals surface area contributed by atoms with Gasteiger partial charge >= 0.3 is 6.09 Å². The number of nitrogens with zero attached hydrogens (tertiary/aromatic N) is 1.